The zero-order chi connectivity index (χ0) is 27.8. The molecule has 4 heterocycles. The lowest BCUT2D eigenvalue weighted by Gasteiger charge is -2.18. The van der Waals surface area contributed by atoms with Gasteiger partial charge in [0.05, 0.1) is 23.3 Å². The largest absolute Gasteiger partial charge is 0.485 e. The lowest BCUT2D eigenvalue weighted by Crippen LogP contribution is -2.31. The van der Waals surface area contributed by atoms with E-state index in [0.29, 0.717) is 34.4 Å². The summed E-state index contributed by atoms with van der Waals surface area (Å²) in [5.74, 6) is -2.66. The van der Waals surface area contributed by atoms with E-state index < -0.39 is 28.6 Å². The second-order valence-electron chi connectivity index (χ2n) is 9.03. The predicted molar refractivity (Wildman–Crippen MR) is 134 cm³/mol. The van der Waals surface area contributed by atoms with Crippen LogP contribution in [0, 0.1) is 25.5 Å². The SMILES string of the molecule is Cc1cnc(-c2ccnc(C(C)(C)C(=O)O)n2)cc1-n1c(C)cc(OCc2ncc(F)cc2F)c(Cl)c1=O. The van der Waals surface area contributed by atoms with Gasteiger partial charge in [0.1, 0.15) is 40.1 Å². The highest BCUT2D eigenvalue weighted by molar-refractivity contribution is 6.31. The predicted octanol–water partition coefficient (Wildman–Crippen LogP) is 4.57. The van der Waals surface area contributed by atoms with E-state index in [1.54, 1.807) is 32.2 Å². The molecule has 0 aliphatic rings. The average molecular weight is 542 g/mol. The summed E-state index contributed by atoms with van der Waals surface area (Å²) < 4.78 is 33.9. The van der Waals surface area contributed by atoms with Crippen molar-refractivity contribution in [1.82, 2.24) is 24.5 Å². The summed E-state index contributed by atoms with van der Waals surface area (Å²) in [6, 6.07) is 5.43. The first kappa shape index (κ1) is 26.8. The molecule has 9 nitrogen and oxygen atoms in total. The Morgan fingerprint density at radius 2 is 1.84 bits per heavy atom. The summed E-state index contributed by atoms with van der Waals surface area (Å²) in [6.07, 6.45) is 3.87. The van der Waals surface area contributed by atoms with Crippen LogP contribution in [0.15, 0.2) is 47.7 Å². The molecule has 0 saturated carbocycles. The lowest BCUT2D eigenvalue weighted by molar-refractivity contribution is -0.142. The Bertz CT molecular complexity index is 1620. The molecule has 0 bridgehead atoms. The molecule has 0 aromatic carbocycles. The molecule has 0 aliphatic heterocycles. The Kier molecular flexibility index (Phi) is 7.23. The number of pyridine rings is 3. The minimum absolute atomic E-state index is 0.0132. The number of aromatic nitrogens is 5. The first-order valence-corrected chi connectivity index (χ1v) is 11.7. The maximum absolute atomic E-state index is 13.9. The summed E-state index contributed by atoms with van der Waals surface area (Å²) in [4.78, 5) is 41.5. The van der Waals surface area contributed by atoms with Gasteiger partial charge in [-0.05, 0) is 45.4 Å². The van der Waals surface area contributed by atoms with Crippen molar-refractivity contribution in [3.05, 3.63) is 92.6 Å². The van der Waals surface area contributed by atoms with E-state index in [1.165, 1.54) is 30.7 Å². The summed E-state index contributed by atoms with van der Waals surface area (Å²) >= 11 is 6.34. The van der Waals surface area contributed by atoms with Crippen molar-refractivity contribution >= 4 is 17.6 Å². The van der Waals surface area contributed by atoms with Crippen molar-refractivity contribution in [1.29, 1.82) is 0 Å². The number of rotatable bonds is 7. The smallest absolute Gasteiger partial charge is 0.316 e. The highest BCUT2D eigenvalue weighted by Crippen LogP contribution is 2.28. The topological polar surface area (TPSA) is 120 Å². The molecule has 0 radical (unpaired) electrons. The fourth-order valence-electron chi connectivity index (χ4n) is 3.57. The van der Waals surface area contributed by atoms with Crippen molar-refractivity contribution in [2.45, 2.75) is 39.7 Å². The minimum atomic E-state index is -1.33. The maximum Gasteiger partial charge on any atom is 0.316 e. The molecule has 0 atom stereocenters. The van der Waals surface area contributed by atoms with Gasteiger partial charge >= 0.3 is 5.97 Å². The third kappa shape index (κ3) is 5.10. The van der Waals surface area contributed by atoms with Gasteiger partial charge < -0.3 is 9.84 Å². The normalized spacial score (nSPS) is 11.4. The average Bonchev–Trinajstić information content (AvgIpc) is 2.87. The van der Waals surface area contributed by atoms with E-state index in [2.05, 4.69) is 19.9 Å². The summed E-state index contributed by atoms with van der Waals surface area (Å²) in [5, 5.41) is 9.28. The quantitative estimate of drug-likeness (QED) is 0.361. The van der Waals surface area contributed by atoms with Crippen LogP contribution in [0.2, 0.25) is 5.02 Å². The minimum Gasteiger partial charge on any atom is -0.485 e. The molecule has 4 aromatic heterocycles. The van der Waals surface area contributed by atoms with E-state index in [-0.39, 0.29) is 28.9 Å². The van der Waals surface area contributed by atoms with Gasteiger partial charge in [0.15, 0.2) is 5.82 Å². The van der Waals surface area contributed by atoms with Crippen LogP contribution in [-0.2, 0) is 16.8 Å². The molecule has 0 saturated heterocycles. The third-order valence-corrected chi connectivity index (χ3v) is 6.22. The molecule has 4 rings (SSSR count). The van der Waals surface area contributed by atoms with Crippen molar-refractivity contribution in [3.63, 3.8) is 0 Å². The van der Waals surface area contributed by atoms with Crippen molar-refractivity contribution in [3.8, 4) is 22.8 Å². The molecule has 12 heteroatoms. The van der Waals surface area contributed by atoms with Gasteiger partial charge in [0, 0.05) is 30.2 Å². The number of aliphatic carboxylic acids is 1. The van der Waals surface area contributed by atoms with Crippen molar-refractivity contribution in [2.24, 2.45) is 0 Å². The fourth-order valence-corrected chi connectivity index (χ4v) is 3.77. The second-order valence-corrected chi connectivity index (χ2v) is 9.40. The number of hydrogen-bond donors (Lipinski definition) is 1. The van der Waals surface area contributed by atoms with Crippen molar-refractivity contribution in [2.75, 3.05) is 0 Å². The van der Waals surface area contributed by atoms with E-state index in [4.69, 9.17) is 16.3 Å². The number of nitrogens with zero attached hydrogens (tertiary/aromatic N) is 5. The lowest BCUT2D eigenvalue weighted by atomic mass is 9.92. The monoisotopic (exact) mass is 541 g/mol. The zero-order valence-electron chi connectivity index (χ0n) is 20.8. The second kappa shape index (κ2) is 10.3. The number of ether oxygens (including phenoxy) is 1. The standard InChI is InChI=1S/C26H22ClF2N5O4/c1-13-10-31-18(17-5-6-30-24(33-17)26(3,4)25(36)37)9-20(13)34-14(2)7-21(22(27)23(34)35)38-12-19-16(29)8-15(28)11-32-19/h5-11H,12H2,1-4H3,(H,36,37). The summed E-state index contributed by atoms with van der Waals surface area (Å²) in [7, 11) is 0. The number of aryl methyl sites for hydroxylation is 2. The van der Waals surface area contributed by atoms with Crippen molar-refractivity contribution < 1.29 is 23.4 Å². The Morgan fingerprint density at radius 1 is 1.11 bits per heavy atom. The number of carboxylic acids is 1. The maximum atomic E-state index is 13.9. The van der Waals surface area contributed by atoms with Gasteiger partial charge in [-0.1, -0.05) is 11.6 Å². The van der Waals surface area contributed by atoms with E-state index >= 15 is 0 Å². The van der Waals surface area contributed by atoms with Gasteiger partial charge in [-0.3, -0.25) is 24.1 Å². The first-order chi connectivity index (χ1) is 17.9. The van der Waals surface area contributed by atoms with Crippen LogP contribution in [0.3, 0.4) is 0 Å². The highest BCUT2D eigenvalue weighted by Gasteiger charge is 2.33. The highest BCUT2D eigenvalue weighted by atomic mass is 35.5. The Balaban J connectivity index is 1.72. The van der Waals surface area contributed by atoms with Gasteiger partial charge in [0.25, 0.3) is 5.56 Å². The summed E-state index contributed by atoms with van der Waals surface area (Å²) in [5.41, 5.74) is 0.271. The molecule has 1 N–H and O–H groups in total. The van der Waals surface area contributed by atoms with Crippen LogP contribution in [0.1, 0.15) is 36.6 Å². The molecule has 0 spiro atoms. The Hall–Kier alpha value is -4.25. The molecule has 0 amide bonds. The van der Waals surface area contributed by atoms with Crippen LogP contribution in [0.5, 0.6) is 5.75 Å². The van der Waals surface area contributed by atoms with Gasteiger partial charge in [0.2, 0.25) is 0 Å². The van der Waals surface area contributed by atoms with E-state index in [0.717, 1.165) is 6.20 Å². The molecular weight excluding hydrogens is 520 g/mol. The van der Waals surface area contributed by atoms with Crippen LogP contribution in [-0.4, -0.2) is 35.6 Å². The van der Waals surface area contributed by atoms with Crippen LogP contribution >= 0.6 is 11.6 Å². The number of carbonyl (C=O) groups is 1. The molecule has 0 fully saturated rings. The number of hydrogen-bond acceptors (Lipinski definition) is 7. The Morgan fingerprint density at radius 3 is 2.53 bits per heavy atom. The van der Waals surface area contributed by atoms with Gasteiger partial charge in [-0.15, -0.1) is 0 Å². The fraction of sp³-hybridized carbons (Fsp3) is 0.231. The van der Waals surface area contributed by atoms with Crippen LogP contribution in [0.4, 0.5) is 8.78 Å². The van der Waals surface area contributed by atoms with E-state index in [1.807, 2.05) is 0 Å². The zero-order valence-corrected chi connectivity index (χ0v) is 21.5. The first-order valence-electron chi connectivity index (χ1n) is 11.3. The Labute approximate surface area is 220 Å². The molecular formula is C26H22ClF2N5O4. The van der Waals surface area contributed by atoms with Crippen LogP contribution in [0.25, 0.3) is 17.1 Å². The van der Waals surface area contributed by atoms with Crippen LogP contribution < -0.4 is 10.3 Å². The van der Waals surface area contributed by atoms with Gasteiger partial charge in [-0.2, -0.15) is 0 Å². The number of halogens is 3. The molecule has 38 heavy (non-hydrogen) atoms. The van der Waals surface area contributed by atoms with Gasteiger partial charge in [-0.25, -0.2) is 18.7 Å². The molecule has 0 unspecified atom stereocenters. The molecule has 0 aliphatic carbocycles. The molecule has 4 aromatic rings. The number of carboxylic acid groups (broad SMARTS) is 1. The third-order valence-electron chi connectivity index (χ3n) is 5.88. The summed E-state index contributed by atoms with van der Waals surface area (Å²) in [6.45, 7) is 6.06. The molecule has 196 valence electrons. The van der Waals surface area contributed by atoms with E-state index in [9.17, 15) is 23.5 Å².